The van der Waals surface area contributed by atoms with E-state index in [1.54, 1.807) is 19.1 Å². The van der Waals surface area contributed by atoms with Crippen molar-refractivity contribution in [3.63, 3.8) is 0 Å². The van der Waals surface area contributed by atoms with E-state index in [1.807, 2.05) is 0 Å². The molecule has 0 spiro atoms. The van der Waals surface area contributed by atoms with E-state index in [2.05, 4.69) is 0 Å². The number of nitrogens with zero attached hydrogens (tertiary/aromatic N) is 2. The molecule has 20 heavy (non-hydrogen) atoms. The normalized spacial score (nSPS) is 18.8. The maximum Gasteiger partial charge on any atom is 0.237 e. The Hall–Kier alpha value is -2.22. The summed E-state index contributed by atoms with van der Waals surface area (Å²) in [7, 11) is 0. The lowest BCUT2D eigenvalue weighted by Gasteiger charge is -2.31. The molecule has 0 aliphatic carbocycles. The topological polar surface area (TPSA) is 61.2 Å². The van der Waals surface area contributed by atoms with Gasteiger partial charge in [0.2, 0.25) is 5.91 Å². The average molecular weight is 274 g/mol. The fourth-order valence-electron chi connectivity index (χ4n) is 2.50. The minimum absolute atomic E-state index is 0.258. The molecule has 0 unspecified atom stereocenters. The Morgan fingerprint density at radius 2 is 2.25 bits per heavy atom. The Morgan fingerprint density at radius 3 is 2.90 bits per heavy atom. The van der Waals surface area contributed by atoms with Crippen LogP contribution in [0.15, 0.2) is 18.2 Å². The van der Waals surface area contributed by atoms with Crippen LogP contribution in [0.1, 0.15) is 24.8 Å². The number of hydrogen-bond donors (Lipinski definition) is 0. The number of hydrogen-bond acceptors (Lipinski definition) is 3. The first-order valence-electron chi connectivity index (χ1n) is 6.51. The first-order chi connectivity index (χ1) is 9.52. The van der Waals surface area contributed by atoms with Crippen LogP contribution in [-0.2, 0) is 9.59 Å². The molecule has 1 saturated heterocycles. The number of anilines is 1. The van der Waals surface area contributed by atoms with Gasteiger partial charge < -0.3 is 4.90 Å². The number of nitriles is 1. The molecule has 1 amide bonds. The summed E-state index contributed by atoms with van der Waals surface area (Å²) >= 11 is 0. The third-order valence-corrected chi connectivity index (χ3v) is 3.42. The van der Waals surface area contributed by atoms with E-state index in [-0.39, 0.29) is 18.1 Å². The fraction of sp³-hybridized carbons (Fsp3) is 0.400. The SMILES string of the molecule is Cc1cc(F)cc(N2CCC[C@@H](C(=O)CC#N)C2=O)c1. The number of rotatable bonds is 3. The molecule has 1 atom stereocenters. The molecule has 0 bridgehead atoms. The maximum atomic E-state index is 13.4. The molecule has 1 heterocycles. The molecule has 0 saturated carbocycles. The van der Waals surface area contributed by atoms with Gasteiger partial charge in [0.05, 0.1) is 18.4 Å². The monoisotopic (exact) mass is 274 g/mol. The Labute approximate surface area is 116 Å². The molecule has 104 valence electrons. The van der Waals surface area contributed by atoms with Crippen molar-refractivity contribution in [1.29, 1.82) is 5.26 Å². The third-order valence-electron chi connectivity index (χ3n) is 3.42. The Bertz CT molecular complexity index is 572. The minimum atomic E-state index is -0.771. The highest BCUT2D eigenvalue weighted by molar-refractivity contribution is 6.09. The molecule has 2 rings (SSSR count). The van der Waals surface area contributed by atoms with E-state index in [0.29, 0.717) is 25.1 Å². The second-order valence-corrected chi connectivity index (χ2v) is 4.97. The van der Waals surface area contributed by atoms with E-state index >= 15 is 0 Å². The fourth-order valence-corrected chi connectivity index (χ4v) is 2.50. The molecular formula is C15H15FN2O2. The number of carbonyl (C=O) groups excluding carboxylic acids is 2. The first-order valence-corrected chi connectivity index (χ1v) is 6.51. The lowest BCUT2D eigenvalue weighted by Crippen LogP contribution is -2.44. The molecule has 1 aromatic carbocycles. The van der Waals surface area contributed by atoms with Crippen LogP contribution in [0.4, 0.5) is 10.1 Å². The summed E-state index contributed by atoms with van der Waals surface area (Å²) in [5.41, 5.74) is 1.19. The molecule has 5 heteroatoms. The van der Waals surface area contributed by atoms with Crippen LogP contribution in [0.25, 0.3) is 0 Å². The first kappa shape index (κ1) is 14.2. The lowest BCUT2D eigenvalue weighted by molar-refractivity contribution is -0.133. The van der Waals surface area contributed by atoms with E-state index < -0.39 is 11.7 Å². The third kappa shape index (κ3) is 2.85. The maximum absolute atomic E-state index is 13.4. The number of piperidine rings is 1. The number of aryl methyl sites for hydroxylation is 1. The second kappa shape index (κ2) is 5.83. The highest BCUT2D eigenvalue weighted by Gasteiger charge is 2.34. The predicted molar refractivity (Wildman–Crippen MR) is 71.5 cm³/mol. The van der Waals surface area contributed by atoms with Gasteiger partial charge in [-0.1, -0.05) is 0 Å². The quantitative estimate of drug-likeness (QED) is 0.795. The molecule has 0 N–H and O–H groups in total. The van der Waals surface area contributed by atoms with Gasteiger partial charge in [-0.3, -0.25) is 9.59 Å². The zero-order valence-corrected chi connectivity index (χ0v) is 11.2. The summed E-state index contributed by atoms with van der Waals surface area (Å²) in [6, 6.07) is 6.18. The van der Waals surface area contributed by atoms with Gasteiger partial charge in [-0.15, -0.1) is 0 Å². The van der Waals surface area contributed by atoms with Crippen LogP contribution < -0.4 is 4.90 Å². The van der Waals surface area contributed by atoms with Gasteiger partial charge in [0.1, 0.15) is 5.82 Å². The van der Waals surface area contributed by atoms with Crippen molar-refractivity contribution >= 4 is 17.4 Å². The number of ketones is 1. The zero-order valence-electron chi connectivity index (χ0n) is 11.2. The standard InChI is InChI=1S/C15H15FN2O2/c1-10-7-11(16)9-12(8-10)18-6-2-3-13(15(18)20)14(19)4-5-17/h7-9,13H,2-4,6H2,1H3/t13-/m0/s1. The largest absolute Gasteiger partial charge is 0.312 e. The van der Waals surface area contributed by atoms with Gasteiger partial charge in [-0.25, -0.2) is 4.39 Å². The van der Waals surface area contributed by atoms with Crippen molar-refractivity contribution in [2.75, 3.05) is 11.4 Å². The van der Waals surface area contributed by atoms with Crippen LogP contribution in [0.3, 0.4) is 0 Å². The Balaban J connectivity index is 2.26. The number of Topliss-reactive ketones (excluding diaryl/α,β-unsaturated/α-hetero) is 1. The number of amides is 1. The predicted octanol–water partition coefficient (Wildman–Crippen LogP) is 2.36. The summed E-state index contributed by atoms with van der Waals surface area (Å²) in [5, 5.41) is 8.56. The Kier molecular flexibility index (Phi) is 4.14. The van der Waals surface area contributed by atoms with Crippen LogP contribution >= 0.6 is 0 Å². The average Bonchev–Trinajstić information content (AvgIpc) is 2.38. The van der Waals surface area contributed by atoms with Crippen LogP contribution in [0.5, 0.6) is 0 Å². The number of carbonyl (C=O) groups is 2. The Morgan fingerprint density at radius 1 is 1.50 bits per heavy atom. The van der Waals surface area contributed by atoms with Gasteiger partial charge in [-0.2, -0.15) is 5.26 Å². The summed E-state index contributed by atoms with van der Waals surface area (Å²) in [6.07, 6.45) is 0.875. The highest BCUT2D eigenvalue weighted by Crippen LogP contribution is 2.27. The molecule has 1 aliphatic heterocycles. The second-order valence-electron chi connectivity index (χ2n) is 4.97. The van der Waals surface area contributed by atoms with Crippen LogP contribution in [0.2, 0.25) is 0 Å². The molecule has 0 aromatic heterocycles. The summed E-state index contributed by atoms with van der Waals surface area (Å²) in [6.45, 7) is 2.22. The molecule has 1 fully saturated rings. The van der Waals surface area contributed by atoms with Crippen molar-refractivity contribution in [2.24, 2.45) is 5.92 Å². The number of benzene rings is 1. The van der Waals surface area contributed by atoms with E-state index in [9.17, 15) is 14.0 Å². The smallest absolute Gasteiger partial charge is 0.237 e. The van der Waals surface area contributed by atoms with E-state index in [1.165, 1.54) is 17.0 Å². The van der Waals surface area contributed by atoms with E-state index in [4.69, 9.17) is 5.26 Å². The minimum Gasteiger partial charge on any atom is -0.312 e. The van der Waals surface area contributed by atoms with Crippen molar-refractivity contribution < 1.29 is 14.0 Å². The van der Waals surface area contributed by atoms with Crippen molar-refractivity contribution in [3.8, 4) is 6.07 Å². The lowest BCUT2D eigenvalue weighted by atomic mass is 9.91. The van der Waals surface area contributed by atoms with Crippen LogP contribution in [-0.4, -0.2) is 18.2 Å². The summed E-state index contributed by atoms with van der Waals surface area (Å²) in [5.74, 6) is -1.86. The molecule has 0 radical (unpaired) electrons. The van der Waals surface area contributed by atoms with Crippen LogP contribution in [0, 0.1) is 30.0 Å². The van der Waals surface area contributed by atoms with Crippen molar-refractivity contribution in [1.82, 2.24) is 0 Å². The van der Waals surface area contributed by atoms with Gasteiger partial charge in [-0.05, 0) is 43.5 Å². The van der Waals surface area contributed by atoms with Gasteiger partial charge in [0.15, 0.2) is 5.78 Å². The van der Waals surface area contributed by atoms with Gasteiger partial charge >= 0.3 is 0 Å². The summed E-state index contributed by atoms with van der Waals surface area (Å²) in [4.78, 5) is 25.6. The molecular weight excluding hydrogens is 259 g/mol. The zero-order chi connectivity index (χ0) is 14.7. The molecule has 1 aromatic rings. The summed E-state index contributed by atoms with van der Waals surface area (Å²) < 4.78 is 13.4. The molecule has 4 nitrogen and oxygen atoms in total. The van der Waals surface area contributed by atoms with Crippen molar-refractivity contribution in [3.05, 3.63) is 29.6 Å². The molecule has 1 aliphatic rings. The van der Waals surface area contributed by atoms with Gasteiger partial charge in [0, 0.05) is 12.2 Å². The van der Waals surface area contributed by atoms with Crippen molar-refractivity contribution in [2.45, 2.75) is 26.2 Å². The van der Waals surface area contributed by atoms with E-state index in [0.717, 1.165) is 5.56 Å². The highest BCUT2D eigenvalue weighted by atomic mass is 19.1. The number of halogens is 1. The van der Waals surface area contributed by atoms with Gasteiger partial charge in [0.25, 0.3) is 0 Å².